The maximum Gasteiger partial charge on any atom is 0.243 e. The van der Waals surface area contributed by atoms with Gasteiger partial charge in [-0.1, -0.05) is 18.2 Å². The molecule has 1 aromatic rings. The molecule has 0 aromatic heterocycles. The number of ether oxygens (including phenoxy) is 1. The third-order valence-corrected chi connectivity index (χ3v) is 4.85. The largest absolute Gasteiger partial charge is 0.381 e. The smallest absolute Gasteiger partial charge is 0.243 e. The molecule has 1 atom stereocenters. The Kier molecular flexibility index (Phi) is 9.62. The molecule has 1 amide bonds. The van der Waals surface area contributed by atoms with E-state index >= 15 is 0 Å². The van der Waals surface area contributed by atoms with Gasteiger partial charge in [-0.25, -0.2) is 4.99 Å². The van der Waals surface area contributed by atoms with Crippen molar-refractivity contribution < 1.29 is 9.53 Å². The Balaban J connectivity index is 1.80. The van der Waals surface area contributed by atoms with Gasteiger partial charge in [-0.3, -0.25) is 4.79 Å². The lowest BCUT2D eigenvalue weighted by molar-refractivity contribution is -0.127. The molecule has 1 aromatic carbocycles. The van der Waals surface area contributed by atoms with E-state index in [2.05, 4.69) is 51.7 Å². The molecular weight excluding hydrogens is 354 g/mol. The van der Waals surface area contributed by atoms with Crippen molar-refractivity contribution in [3.63, 3.8) is 0 Å². The summed E-state index contributed by atoms with van der Waals surface area (Å²) in [5.74, 6) is 1.20. The van der Waals surface area contributed by atoms with E-state index in [-0.39, 0.29) is 12.5 Å². The Hall–Kier alpha value is -2.28. The van der Waals surface area contributed by atoms with E-state index in [1.807, 2.05) is 6.07 Å². The minimum absolute atomic E-state index is 0.00784. The lowest BCUT2D eigenvalue weighted by Gasteiger charge is -2.23. The molecule has 0 spiro atoms. The van der Waals surface area contributed by atoms with E-state index in [0.717, 1.165) is 52.2 Å². The number of aliphatic imine (C=N–C) groups is 1. The molecule has 1 saturated heterocycles. The Morgan fingerprint density at radius 3 is 2.68 bits per heavy atom. The van der Waals surface area contributed by atoms with Gasteiger partial charge >= 0.3 is 0 Å². The Morgan fingerprint density at radius 1 is 1.25 bits per heavy atom. The second kappa shape index (κ2) is 12.2. The summed E-state index contributed by atoms with van der Waals surface area (Å²) < 4.78 is 5.43. The van der Waals surface area contributed by atoms with Gasteiger partial charge in [0.1, 0.15) is 6.54 Å². The fraction of sp³-hybridized carbons (Fsp3) is 0.619. The lowest BCUT2D eigenvalue weighted by Crippen LogP contribution is -2.42. The SMILES string of the molecule is CCN(CCCNC(=NCC(=O)N(C)C)NCC1CCOC1)c1ccccc1. The monoisotopic (exact) mass is 389 g/mol. The van der Waals surface area contributed by atoms with E-state index < -0.39 is 0 Å². The normalized spacial score (nSPS) is 16.7. The van der Waals surface area contributed by atoms with Crippen LogP contribution in [0.1, 0.15) is 19.8 Å². The van der Waals surface area contributed by atoms with E-state index in [1.54, 1.807) is 19.0 Å². The van der Waals surface area contributed by atoms with Gasteiger partial charge in [-0.05, 0) is 31.9 Å². The zero-order valence-corrected chi connectivity index (χ0v) is 17.5. The summed E-state index contributed by atoms with van der Waals surface area (Å²) >= 11 is 0. The first-order chi connectivity index (χ1) is 13.6. The van der Waals surface area contributed by atoms with Gasteiger partial charge in [0.15, 0.2) is 5.96 Å². The topological polar surface area (TPSA) is 69.2 Å². The summed E-state index contributed by atoms with van der Waals surface area (Å²) in [6.45, 7) is 7.49. The highest BCUT2D eigenvalue weighted by molar-refractivity contribution is 5.84. The van der Waals surface area contributed by atoms with Crippen LogP contribution in [0.5, 0.6) is 0 Å². The predicted octanol–water partition coefficient (Wildman–Crippen LogP) is 1.56. The first-order valence-electron chi connectivity index (χ1n) is 10.2. The molecule has 1 fully saturated rings. The summed E-state index contributed by atoms with van der Waals surface area (Å²) in [6.07, 6.45) is 2.05. The summed E-state index contributed by atoms with van der Waals surface area (Å²) in [5.41, 5.74) is 1.25. The Labute approximate surface area is 169 Å². The molecule has 1 heterocycles. The van der Waals surface area contributed by atoms with Crippen LogP contribution in [-0.2, 0) is 9.53 Å². The third kappa shape index (κ3) is 7.76. The van der Waals surface area contributed by atoms with Crippen LogP contribution < -0.4 is 15.5 Å². The van der Waals surface area contributed by atoms with Crippen LogP contribution in [0.2, 0.25) is 0 Å². The maximum absolute atomic E-state index is 11.9. The second-order valence-corrected chi connectivity index (χ2v) is 7.26. The van der Waals surface area contributed by atoms with Crippen LogP contribution in [0.3, 0.4) is 0 Å². The molecule has 7 heteroatoms. The third-order valence-electron chi connectivity index (χ3n) is 4.85. The Morgan fingerprint density at radius 2 is 2.04 bits per heavy atom. The predicted molar refractivity (Wildman–Crippen MR) is 115 cm³/mol. The highest BCUT2D eigenvalue weighted by atomic mass is 16.5. The number of carbonyl (C=O) groups excluding carboxylic acids is 1. The zero-order chi connectivity index (χ0) is 20.2. The number of nitrogens with zero attached hydrogens (tertiary/aromatic N) is 3. The molecule has 1 aliphatic rings. The van der Waals surface area contributed by atoms with Gasteiger partial charge in [-0.2, -0.15) is 0 Å². The quantitative estimate of drug-likeness (QED) is 0.361. The number of likely N-dealkylation sites (N-methyl/N-ethyl adjacent to an activating group) is 1. The van der Waals surface area contributed by atoms with Crippen molar-refractivity contribution in [3.05, 3.63) is 30.3 Å². The fourth-order valence-corrected chi connectivity index (χ4v) is 3.03. The Bertz CT molecular complexity index is 600. The maximum atomic E-state index is 11.9. The number of hydrogen-bond donors (Lipinski definition) is 2. The first-order valence-corrected chi connectivity index (χ1v) is 10.2. The van der Waals surface area contributed by atoms with Gasteiger partial charge in [0.05, 0.1) is 6.61 Å². The number of anilines is 1. The number of carbonyl (C=O) groups is 1. The lowest BCUT2D eigenvalue weighted by atomic mass is 10.1. The number of hydrogen-bond acceptors (Lipinski definition) is 4. The molecule has 0 saturated carbocycles. The number of amides is 1. The van der Waals surface area contributed by atoms with Gasteiger partial charge in [0, 0.05) is 58.5 Å². The van der Waals surface area contributed by atoms with Gasteiger partial charge in [0.25, 0.3) is 0 Å². The number of rotatable bonds is 10. The molecule has 1 unspecified atom stereocenters. The first kappa shape index (κ1) is 22.0. The molecule has 1 aliphatic heterocycles. The van der Waals surface area contributed by atoms with Crippen molar-refractivity contribution in [2.24, 2.45) is 10.9 Å². The minimum atomic E-state index is -0.00784. The van der Waals surface area contributed by atoms with E-state index in [4.69, 9.17) is 4.74 Å². The van der Waals surface area contributed by atoms with Crippen molar-refractivity contribution in [3.8, 4) is 0 Å². The summed E-state index contributed by atoms with van der Waals surface area (Å²) in [7, 11) is 3.49. The summed E-state index contributed by atoms with van der Waals surface area (Å²) in [6, 6.07) is 10.5. The average Bonchev–Trinajstić information content (AvgIpc) is 3.23. The van der Waals surface area contributed by atoms with Crippen molar-refractivity contribution in [2.75, 3.05) is 64.9 Å². The molecule has 0 radical (unpaired) electrons. The fourth-order valence-electron chi connectivity index (χ4n) is 3.03. The van der Waals surface area contributed by atoms with Crippen molar-refractivity contribution in [1.82, 2.24) is 15.5 Å². The number of nitrogens with one attached hydrogen (secondary N) is 2. The number of para-hydroxylation sites is 1. The molecule has 2 rings (SSSR count). The molecule has 7 nitrogen and oxygen atoms in total. The summed E-state index contributed by atoms with van der Waals surface area (Å²) in [5, 5.41) is 6.73. The van der Waals surface area contributed by atoms with E-state index in [1.165, 1.54) is 5.69 Å². The molecule has 2 N–H and O–H groups in total. The van der Waals surface area contributed by atoms with E-state index in [0.29, 0.717) is 11.9 Å². The summed E-state index contributed by atoms with van der Waals surface area (Å²) in [4.78, 5) is 20.2. The molecule has 0 bridgehead atoms. The number of guanidine groups is 1. The van der Waals surface area contributed by atoms with Crippen molar-refractivity contribution in [2.45, 2.75) is 19.8 Å². The average molecular weight is 390 g/mol. The van der Waals surface area contributed by atoms with Crippen LogP contribution in [0.15, 0.2) is 35.3 Å². The highest BCUT2D eigenvalue weighted by Crippen LogP contribution is 2.13. The minimum Gasteiger partial charge on any atom is -0.381 e. The van der Waals surface area contributed by atoms with E-state index in [9.17, 15) is 4.79 Å². The van der Waals surface area contributed by atoms with Crippen LogP contribution in [0.25, 0.3) is 0 Å². The highest BCUT2D eigenvalue weighted by Gasteiger charge is 2.16. The van der Waals surface area contributed by atoms with Crippen LogP contribution >= 0.6 is 0 Å². The van der Waals surface area contributed by atoms with Crippen LogP contribution in [0, 0.1) is 5.92 Å². The zero-order valence-electron chi connectivity index (χ0n) is 17.5. The second-order valence-electron chi connectivity index (χ2n) is 7.26. The van der Waals surface area contributed by atoms with Gasteiger partial charge in [0.2, 0.25) is 5.91 Å². The standard InChI is InChI=1S/C21H35N5O2/c1-4-26(19-9-6-5-7-10-19)13-8-12-22-21(24-16-20(27)25(2)3)23-15-18-11-14-28-17-18/h5-7,9-10,18H,4,8,11-17H2,1-3H3,(H2,22,23,24). The van der Waals surface area contributed by atoms with Crippen molar-refractivity contribution in [1.29, 1.82) is 0 Å². The number of benzene rings is 1. The van der Waals surface area contributed by atoms with Gasteiger partial charge < -0.3 is 25.2 Å². The molecule has 0 aliphatic carbocycles. The van der Waals surface area contributed by atoms with Crippen LogP contribution in [0.4, 0.5) is 5.69 Å². The van der Waals surface area contributed by atoms with Gasteiger partial charge in [-0.15, -0.1) is 0 Å². The molecular formula is C21H35N5O2. The van der Waals surface area contributed by atoms with Crippen molar-refractivity contribution >= 4 is 17.6 Å². The van der Waals surface area contributed by atoms with Crippen LogP contribution in [-0.4, -0.2) is 76.8 Å². The molecule has 156 valence electrons. The molecule has 28 heavy (non-hydrogen) atoms.